The Morgan fingerprint density at radius 2 is 1.88 bits per heavy atom. The second-order valence-electron chi connectivity index (χ2n) is 10.0. The molecule has 2 aromatic carbocycles. The summed E-state index contributed by atoms with van der Waals surface area (Å²) in [6.07, 6.45) is -0.186. The molecule has 2 atom stereocenters. The van der Waals surface area contributed by atoms with Crippen LogP contribution in [0.4, 0.5) is 24.7 Å². The Morgan fingerprint density at radius 1 is 1.14 bits per heavy atom. The van der Waals surface area contributed by atoms with E-state index in [1.807, 2.05) is 6.07 Å². The zero-order chi connectivity index (χ0) is 30.2. The van der Waals surface area contributed by atoms with Crippen molar-refractivity contribution in [2.75, 3.05) is 15.0 Å². The fourth-order valence-electron chi connectivity index (χ4n) is 5.13. The molecule has 5 rings (SSSR count). The van der Waals surface area contributed by atoms with Crippen molar-refractivity contribution in [1.29, 1.82) is 5.26 Å². The number of amides is 2. The van der Waals surface area contributed by atoms with Crippen molar-refractivity contribution < 1.29 is 31.2 Å². The van der Waals surface area contributed by atoms with E-state index >= 15 is 0 Å². The van der Waals surface area contributed by atoms with Crippen molar-refractivity contribution in [3.63, 3.8) is 0 Å². The molecule has 2 amide bonds. The number of pyridine rings is 1. The highest BCUT2D eigenvalue weighted by Crippen LogP contribution is 2.40. The van der Waals surface area contributed by atoms with Crippen LogP contribution in [0.3, 0.4) is 0 Å². The van der Waals surface area contributed by atoms with Crippen molar-refractivity contribution in [3.05, 3.63) is 88.8 Å². The van der Waals surface area contributed by atoms with Crippen molar-refractivity contribution in [3.8, 4) is 6.07 Å². The Labute approximate surface area is 244 Å². The molecular formula is C28H23ClF3N5O4S. The van der Waals surface area contributed by atoms with Gasteiger partial charge in [-0.05, 0) is 42.8 Å². The van der Waals surface area contributed by atoms with Gasteiger partial charge in [-0.15, -0.1) is 0 Å². The molecule has 1 saturated heterocycles. The number of hydrogen-bond donors (Lipinski definition) is 1. The monoisotopic (exact) mass is 617 g/mol. The summed E-state index contributed by atoms with van der Waals surface area (Å²) in [4.78, 5) is 33.3. The molecule has 218 valence electrons. The molecule has 1 aromatic heterocycles. The molecule has 0 spiro atoms. The highest BCUT2D eigenvalue weighted by molar-refractivity contribution is 7.93. The molecule has 2 heterocycles. The summed E-state index contributed by atoms with van der Waals surface area (Å²) < 4.78 is 68.8. The summed E-state index contributed by atoms with van der Waals surface area (Å²) in [5.41, 5.74) is 0.111. The number of halogens is 4. The fourth-order valence-corrected chi connectivity index (χ4v) is 7.06. The standard InChI is InChI=1S/C28H23ClF3N5O4S/c29-22-7-2-1-6-21(22)25(26(38)35-19-14-28(31,32)15-19)36(20-5-3-4-18(30)13-20)27(39)23-9-11-42(40,41)37(23)24-12-17(16-33)8-10-34-24/h1-8,10,12-13,19,23,25H,9,11,14-15H2,(H,35,38)/t23?,25-/m0/s1. The fraction of sp³-hybridized carbons (Fsp3) is 0.286. The number of hydrogen-bond acceptors (Lipinski definition) is 6. The summed E-state index contributed by atoms with van der Waals surface area (Å²) >= 11 is 6.46. The first-order valence-corrected chi connectivity index (χ1v) is 14.8. The third-order valence-electron chi connectivity index (χ3n) is 7.08. The van der Waals surface area contributed by atoms with Crippen LogP contribution in [0, 0.1) is 17.1 Å². The number of carbonyl (C=O) groups is 2. The number of benzene rings is 2. The molecule has 0 bridgehead atoms. The number of nitriles is 1. The number of aromatic nitrogens is 1. The van der Waals surface area contributed by atoms with Crippen molar-refractivity contribution in [2.24, 2.45) is 0 Å². The van der Waals surface area contributed by atoms with Gasteiger partial charge in [0.1, 0.15) is 23.7 Å². The maximum absolute atomic E-state index is 14.5. The molecule has 9 nitrogen and oxygen atoms in total. The summed E-state index contributed by atoms with van der Waals surface area (Å²) in [6.45, 7) is 0. The minimum absolute atomic E-state index is 0.0603. The second-order valence-corrected chi connectivity index (χ2v) is 12.4. The summed E-state index contributed by atoms with van der Waals surface area (Å²) in [5.74, 6) is -6.09. The largest absolute Gasteiger partial charge is 0.351 e. The van der Waals surface area contributed by atoms with Gasteiger partial charge in [0, 0.05) is 41.4 Å². The average molecular weight is 618 g/mol. The number of carbonyl (C=O) groups excluding carboxylic acids is 2. The molecule has 0 radical (unpaired) electrons. The Hall–Kier alpha value is -4.15. The number of rotatable bonds is 7. The molecule has 1 saturated carbocycles. The first kappa shape index (κ1) is 29.3. The zero-order valence-corrected chi connectivity index (χ0v) is 23.3. The summed E-state index contributed by atoms with van der Waals surface area (Å²) in [5, 5.41) is 11.9. The molecule has 1 aliphatic heterocycles. The molecule has 14 heteroatoms. The van der Waals surface area contributed by atoms with E-state index in [-0.39, 0.29) is 34.1 Å². The van der Waals surface area contributed by atoms with Gasteiger partial charge >= 0.3 is 0 Å². The lowest BCUT2D eigenvalue weighted by molar-refractivity contribution is -0.133. The van der Waals surface area contributed by atoms with Crippen LogP contribution in [0.15, 0.2) is 66.9 Å². The number of anilines is 2. The minimum atomic E-state index is -4.10. The van der Waals surface area contributed by atoms with Crippen LogP contribution < -0.4 is 14.5 Å². The van der Waals surface area contributed by atoms with E-state index in [0.717, 1.165) is 21.3 Å². The zero-order valence-electron chi connectivity index (χ0n) is 21.8. The van der Waals surface area contributed by atoms with E-state index in [0.29, 0.717) is 0 Å². The van der Waals surface area contributed by atoms with Gasteiger partial charge < -0.3 is 5.32 Å². The third kappa shape index (κ3) is 5.77. The smallest absolute Gasteiger partial charge is 0.252 e. The van der Waals surface area contributed by atoms with E-state index in [9.17, 15) is 36.4 Å². The number of nitrogens with one attached hydrogen (secondary N) is 1. The highest BCUT2D eigenvalue weighted by atomic mass is 35.5. The normalized spacial score (nSPS) is 19.8. The van der Waals surface area contributed by atoms with Crippen molar-refractivity contribution >= 4 is 44.9 Å². The van der Waals surface area contributed by atoms with E-state index < -0.39 is 70.3 Å². The lowest BCUT2D eigenvalue weighted by atomic mass is 9.87. The van der Waals surface area contributed by atoms with Crippen LogP contribution in [0.25, 0.3) is 0 Å². The molecular weight excluding hydrogens is 595 g/mol. The maximum atomic E-state index is 14.5. The minimum Gasteiger partial charge on any atom is -0.351 e. The Bertz CT molecular complexity index is 1690. The van der Waals surface area contributed by atoms with E-state index in [1.165, 1.54) is 42.6 Å². The lowest BCUT2D eigenvalue weighted by Crippen LogP contribution is -2.56. The first-order chi connectivity index (χ1) is 19.9. The summed E-state index contributed by atoms with van der Waals surface area (Å²) in [6, 6.07) is 11.4. The van der Waals surface area contributed by atoms with Crippen LogP contribution in [0.2, 0.25) is 5.02 Å². The van der Waals surface area contributed by atoms with Gasteiger partial charge in [0.25, 0.3) is 11.8 Å². The van der Waals surface area contributed by atoms with Crippen LogP contribution in [0.1, 0.15) is 36.4 Å². The molecule has 1 aliphatic carbocycles. The average Bonchev–Trinajstić information content (AvgIpc) is 3.25. The topological polar surface area (TPSA) is 123 Å². The van der Waals surface area contributed by atoms with Crippen LogP contribution in [0.5, 0.6) is 0 Å². The maximum Gasteiger partial charge on any atom is 0.252 e. The van der Waals surface area contributed by atoms with E-state index in [1.54, 1.807) is 12.1 Å². The van der Waals surface area contributed by atoms with Crippen LogP contribution >= 0.6 is 11.6 Å². The van der Waals surface area contributed by atoms with Gasteiger partial charge in [0.15, 0.2) is 0 Å². The summed E-state index contributed by atoms with van der Waals surface area (Å²) in [7, 11) is -4.10. The van der Waals surface area contributed by atoms with Crippen molar-refractivity contribution in [2.45, 2.75) is 43.3 Å². The predicted molar refractivity (Wildman–Crippen MR) is 148 cm³/mol. The number of alkyl halides is 2. The first-order valence-electron chi connectivity index (χ1n) is 12.8. The number of nitrogens with zero attached hydrogens (tertiary/aromatic N) is 4. The Balaban J connectivity index is 1.63. The van der Waals surface area contributed by atoms with Gasteiger partial charge in [0.05, 0.1) is 17.4 Å². The van der Waals surface area contributed by atoms with Gasteiger partial charge in [-0.2, -0.15) is 5.26 Å². The van der Waals surface area contributed by atoms with Gasteiger partial charge in [0.2, 0.25) is 15.9 Å². The SMILES string of the molecule is N#Cc1ccnc(N2C(C(=O)N(c3cccc(F)c3)[C@H](C(=O)NC3CC(F)(F)C3)c3ccccc3Cl)CCS2(=O)=O)c1. The van der Waals surface area contributed by atoms with Gasteiger partial charge in [-0.3, -0.25) is 14.5 Å². The van der Waals surface area contributed by atoms with Crippen LogP contribution in [-0.4, -0.2) is 49.0 Å². The number of sulfonamides is 1. The third-order valence-corrected chi connectivity index (χ3v) is 9.22. The molecule has 2 fully saturated rings. The van der Waals surface area contributed by atoms with Gasteiger partial charge in [-0.1, -0.05) is 35.9 Å². The molecule has 3 aromatic rings. The molecule has 1 N–H and O–H groups in total. The van der Waals surface area contributed by atoms with Gasteiger partial charge in [-0.25, -0.2) is 30.9 Å². The molecule has 42 heavy (non-hydrogen) atoms. The molecule has 2 aliphatic rings. The van der Waals surface area contributed by atoms with Crippen molar-refractivity contribution in [1.82, 2.24) is 10.3 Å². The Kier molecular flexibility index (Phi) is 7.87. The quantitative estimate of drug-likeness (QED) is 0.421. The van der Waals surface area contributed by atoms with E-state index in [2.05, 4.69) is 10.3 Å². The molecule has 1 unspecified atom stereocenters. The van der Waals surface area contributed by atoms with E-state index in [4.69, 9.17) is 11.6 Å². The Morgan fingerprint density at radius 3 is 2.55 bits per heavy atom. The van der Waals surface area contributed by atoms with Crippen LogP contribution in [-0.2, 0) is 19.6 Å². The highest BCUT2D eigenvalue weighted by Gasteiger charge is 2.49. The second kappa shape index (κ2) is 11.3. The predicted octanol–water partition coefficient (Wildman–Crippen LogP) is 4.34. The lowest BCUT2D eigenvalue weighted by Gasteiger charge is -2.39.